The fourth-order valence-corrected chi connectivity index (χ4v) is 2.75. The number of carbonyl (C=O) groups is 2. The van der Waals surface area contributed by atoms with Crippen LogP contribution in [0.3, 0.4) is 0 Å². The van der Waals surface area contributed by atoms with Crippen LogP contribution in [0, 0.1) is 0 Å². The minimum Gasteiger partial charge on any atom is -0.330 e. The smallest absolute Gasteiger partial charge is 0.245 e. The van der Waals surface area contributed by atoms with E-state index >= 15 is 0 Å². The van der Waals surface area contributed by atoms with Gasteiger partial charge in [0, 0.05) is 25.7 Å². The molecule has 5 nitrogen and oxygen atoms in total. The highest BCUT2D eigenvalue weighted by molar-refractivity contribution is 5.95. The number of hydrogen-bond donors (Lipinski definition) is 1. The molecule has 2 saturated heterocycles. The summed E-state index contributed by atoms with van der Waals surface area (Å²) in [4.78, 5) is 27.5. The predicted molar refractivity (Wildman–Crippen MR) is 62.3 cm³/mol. The van der Waals surface area contributed by atoms with Crippen LogP contribution in [0.5, 0.6) is 0 Å². The van der Waals surface area contributed by atoms with Crippen molar-refractivity contribution in [2.24, 2.45) is 0 Å². The second kappa shape index (κ2) is 4.29. The van der Waals surface area contributed by atoms with Crippen LogP contribution in [0.1, 0.15) is 25.7 Å². The molecule has 5 heteroatoms. The number of nitrogens with one attached hydrogen (secondary N) is 1. The minimum atomic E-state index is -0.155. The summed E-state index contributed by atoms with van der Waals surface area (Å²) in [7, 11) is 0. The summed E-state index contributed by atoms with van der Waals surface area (Å²) in [5.41, 5.74) is 0. The van der Waals surface area contributed by atoms with Crippen LogP contribution < -0.4 is 5.32 Å². The van der Waals surface area contributed by atoms with E-state index < -0.39 is 0 Å². The van der Waals surface area contributed by atoms with E-state index in [1.54, 1.807) is 9.80 Å². The first-order chi connectivity index (χ1) is 8.25. The lowest BCUT2D eigenvalue weighted by Gasteiger charge is -2.36. The van der Waals surface area contributed by atoms with E-state index in [0.29, 0.717) is 12.6 Å². The van der Waals surface area contributed by atoms with E-state index in [1.165, 1.54) is 12.8 Å². The van der Waals surface area contributed by atoms with Gasteiger partial charge < -0.3 is 15.1 Å². The number of piperazine rings is 1. The molecule has 3 fully saturated rings. The molecule has 2 amide bonds. The molecule has 3 aliphatic rings. The number of fused-ring (bicyclic) bond motifs is 1. The van der Waals surface area contributed by atoms with Gasteiger partial charge in [0.15, 0.2) is 0 Å². The van der Waals surface area contributed by atoms with Gasteiger partial charge in [0.1, 0.15) is 6.04 Å². The maximum Gasteiger partial charge on any atom is 0.245 e. The van der Waals surface area contributed by atoms with Gasteiger partial charge in [-0.3, -0.25) is 9.59 Å². The maximum atomic E-state index is 12.1. The summed E-state index contributed by atoms with van der Waals surface area (Å²) in [5, 5.41) is 3.38. The Morgan fingerprint density at radius 3 is 2.82 bits per heavy atom. The molecule has 1 N–H and O–H groups in total. The van der Waals surface area contributed by atoms with E-state index in [1.807, 2.05) is 0 Å². The van der Waals surface area contributed by atoms with Crippen LogP contribution in [-0.2, 0) is 9.59 Å². The third-order valence-electron chi connectivity index (χ3n) is 3.89. The Labute approximate surface area is 101 Å². The molecule has 0 spiro atoms. The lowest BCUT2D eigenvalue weighted by atomic mass is 10.1. The zero-order valence-electron chi connectivity index (χ0n) is 10.0. The van der Waals surface area contributed by atoms with Crippen LogP contribution in [0.25, 0.3) is 0 Å². The van der Waals surface area contributed by atoms with E-state index in [-0.39, 0.29) is 24.4 Å². The molecule has 1 atom stereocenters. The Kier molecular flexibility index (Phi) is 2.78. The first kappa shape index (κ1) is 11.0. The van der Waals surface area contributed by atoms with Gasteiger partial charge in [-0.05, 0) is 25.7 Å². The van der Waals surface area contributed by atoms with E-state index in [0.717, 1.165) is 25.9 Å². The number of rotatable bonds is 4. The third-order valence-corrected chi connectivity index (χ3v) is 3.89. The van der Waals surface area contributed by atoms with Crippen LogP contribution >= 0.6 is 0 Å². The van der Waals surface area contributed by atoms with Crippen LogP contribution in [0.4, 0.5) is 0 Å². The number of amides is 2. The maximum absolute atomic E-state index is 12.1. The van der Waals surface area contributed by atoms with Crippen molar-refractivity contribution >= 4 is 11.8 Å². The van der Waals surface area contributed by atoms with Gasteiger partial charge in [-0.1, -0.05) is 0 Å². The van der Waals surface area contributed by atoms with Crippen LogP contribution in [0.2, 0.25) is 0 Å². The molecule has 1 aliphatic carbocycles. The average Bonchev–Trinajstić information content (AvgIpc) is 2.99. The summed E-state index contributed by atoms with van der Waals surface area (Å²) < 4.78 is 0. The molecule has 2 aliphatic heterocycles. The fraction of sp³-hybridized carbons (Fsp3) is 0.833. The van der Waals surface area contributed by atoms with E-state index in [4.69, 9.17) is 0 Å². The Morgan fingerprint density at radius 2 is 2.06 bits per heavy atom. The monoisotopic (exact) mass is 237 g/mol. The standard InChI is InChI=1S/C12H19N3O2/c16-11-8-14(7-5-13-9-3-4-9)12(17)10-2-1-6-15(10)11/h9-10,13H,1-8H2. The van der Waals surface area contributed by atoms with Gasteiger partial charge in [0.2, 0.25) is 11.8 Å². The summed E-state index contributed by atoms with van der Waals surface area (Å²) >= 11 is 0. The summed E-state index contributed by atoms with van der Waals surface area (Å²) in [6.45, 7) is 2.53. The lowest BCUT2D eigenvalue weighted by molar-refractivity contribution is -0.153. The molecule has 0 aromatic carbocycles. The van der Waals surface area contributed by atoms with Gasteiger partial charge in [0.25, 0.3) is 0 Å². The van der Waals surface area contributed by atoms with Gasteiger partial charge in [-0.15, -0.1) is 0 Å². The fourth-order valence-electron chi connectivity index (χ4n) is 2.75. The summed E-state index contributed by atoms with van der Waals surface area (Å²) in [5.74, 6) is 0.276. The molecule has 0 aromatic rings. The third kappa shape index (κ3) is 2.16. The highest BCUT2D eigenvalue weighted by atomic mass is 16.2. The number of nitrogens with zero attached hydrogens (tertiary/aromatic N) is 2. The van der Waals surface area contributed by atoms with Crippen LogP contribution in [-0.4, -0.2) is 59.9 Å². The van der Waals surface area contributed by atoms with Crippen molar-refractivity contribution in [3.63, 3.8) is 0 Å². The summed E-state index contributed by atoms with van der Waals surface area (Å²) in [6, 6.07) is 0.505. The second-order valence-corrected chi connectivity index (χ2v) is 5.23. The van der Waals surface area contributed by atoms with E-state index in [9.17, 15) is 9.59 Å². The van der Waals surface area contributed by atoms with Crippen molar-refractivity contribution < 1.29 is 9.59 Å². The van der Waals surface area contributed by atoms with Crippen molar-refractivity contribution in [3.05, 3.63) is 0 Å². The van der Waals surface area contributed by atoms with Gasteiger partial charge in [-0.2, -0.15) is 0 Å². The largest absolute Gasteiger partial charge is 0.330 e. The minimum absolute atomic E-state index is 0.124. The first-order valence-electron chi connectivity index (χ1n) is 6.57. The van der Waals surface area contributed by atoms with Crippen LogP contribution in [0.15, 0.2) is 0 Å². The molecule has 0 aromatic heterocycles. The molecule has 1 unspecified atom stereocenters. The molecule has 17 heavy (non-hydrogen) atoms. The highest BCUT2D eigenvalue weighted by Crippen LogP contribution is 2.23. The molecule has 0 bridgehead atoms. The van der Waals surface area contributed by atoms with Crippen molar-refractivity contribution in [2.45, 2.75) is 37.8 Å². The zero-order chi connectivity index (χ0) is 11.8. The SMILES string of the molecule is O=C1C2CCCN2C(=O)CN1CCNC1CC1. The van der Waals surface area contributed by atoms with E-state index in [2.05, 4.69) is 5.32 Å². The first-order valence-corrected chi connectivity index (χ1v) is 6.57. The second-order valence-electron chi connectivity index (χ2n) is 5.23. The van der Waals surface area contributed by atoms with Crippen molar-refractivity contribution in [2.75, 3.05) is 26.2 Å². The predicted octanol–water partition coefficient (Wildman–Crippen LogP) is -0.428. The summed E-state index contributed by atoms with van der Waals surface area (Å²) in [6.07, 6.45) is 4.32. The normalized spacial score (nSPS) is 28.8. The van der Waals surface area contributed by atoms with Crippen molar-refractivity contribution in [1.29, 1.82) is 0 Å². The quantitative estimate of drug-likeness (QED) is 0.722. The van der Waals surface area contributed by atoms with Gasteiger partial charge >= 0.3 is 0 Å². The molecule has 94 valence electrons. The van der Waals surface area contributed by atoms with Gasteiger partial charge in [0.05, 0.1) is 6.54 Å². The Balaban J connectivity index is 1.56. The zero-order valence-corrected chi connectivity index (χ0v) is 10.0. The molecular weight excluding hydrogens is 218 g/mol. The Morgan fingerprint density at radius 1 is 1.24 bits per heavy atom. The molecule has 0 radical (unpaired) electrons. The molecule has 2 heterocycles. The topological polar surface area (TPSA) is 52.7 Å². The molecule has 1 saturated carbocycles. The lowest BCUT2D eigenvalue weighted by Crippen LogP contribution is -2.58. The highest BCUT2D eigenvalue weighted by Gasteiger charge is 2.41. The van der Waals surface area contributed by atoms with Crippen molar-refractivity contribution in [3.8, 4) is 0 Å². The number of hydrogen-bond acceptors (Lipinski definition) is 3. The molecule has 3 rings (SSSR count). The van der Waals surface area contributed by atoms with Crippen molar-refractivity contribution in [1.82, 2.24) is 15.1 Å². The Bertz CT molecular complexity index is 341. The number of carbonyl (C=O) groups excluding carboxylic acids is 2. The Hall–Kier alpha value is -1.10. The van der Waals surface area contributed by atoms with Gasteiger partial charge in [-0.25, -0.2) is 0 Å². The average molecular weight is 237 g/mol. The molecular formula is C12H19N3O2.